The van der Waals surface area contributed by atoms with Gasteiger partial charge in [0.05, 0.1) is 15.9 Å². The molecule has 158 valence electrons. The van der Waals surface area contributed by atoms with E-state index >= 15 is 0 Å². The van der Waals surface area contributed by atoms with Gasteiger partial charge in [0.15, 0.2) is 0 Å². The molecule has 4 N–H and O–H groups in total. The molecule has 0 aliphatic heterocycles. The molecule has 0 saturated heterocycles. The van der Waals surface area contributed by atoms with E-state index in [9.17, 15) is 18.0 Å². The van der Waals surface area contributed by atoms with Crippen LogP contribution in [0.15, 0.2) is 81.3 Å². The summed E-state index contributed by atoms with van der Waals surface area (Å²) in [7, 11) is -3.87. The lowest BCUT2D eigenvalue weighted by Gasteiger charge is -2.10. The highest BCUT2D eigenvalue weighted by Gasteiger charge is 2.16. The van der Waals surface area contributed by atoms with Crippen LogP contribution in [0.3, 0.4) is 0 Å². The first kappa shape index (κ1) is 20.8. The summed E-state index contributed by atoms with van der Waals surface area (Å²) in [6, 6.07) is 17.9. The van der Waals surface area contributed by atoms with E-state index in [1.807, 2.05) is 30.5 Å². The third-order valence-electron chi connectivity index (χ3n) is 4.54. The largest absolute Gasteiger partial charge is 0.323 e. The number of aromatic nitrogens is 2. The molecule has 0 fully saturated rings. The topological polar surface area (TPSA) is 124 Å². The molecule has 0 bridgehead atoms. The first-order chi connectivity index (χ1) is 14.8. The number of imidazole rings is 1. The van der Waals surface area contributed by atoms with E-state index < -0.39 is 15.7 Å². The fourth-order valence-corrected chi connectivity index (χ4v) is 4.45. The van der Waals surface area contributed by atoms with Crippen molar-refractivity contribution in [3.05, 3.63) is 82.8 Å². The standard InChI is InChI=1S/C21H18N4O4S2/c1-30-16-8-6-14(7-9-16)22-20(26)13-2-4-15(5-3-13)25-31(28,29)17-10-11-18-19(12-17)24-21(27)23-18/h2-12,25H,1H3,(H,22,26)(H2,23,24,27). The van der Waals surface area contributed by atoms with Gasteiger partial charge in [-0.15, -0.1) is 11.8 Å². The van der Waals surface area contributed by atoms with Crippen molar-refractivity contribution in [1.82, 2.24) is 9.97 Å². The lowest BCUT2D eigenvalue weighted by Crippen LogP contribution is -2.14. The Balaban J connectivity index is 1.47. The van der Waals surface area contributed by atoms with E-state index in [0.717, 1.165) is 4.90 Å². The number of thioether (sulfide) groups is 1. The molecule has 1 amide bonds. The van der Waals surface area contributed by atoms with Crippen LogP contribution in [0.5, 0.6) is 0 Å². The normalized spacial score (nSPS) is 11.4. The Bertz CT molecular complexity index is 1410. The molecule has 4 aromatic rings. The summed E-state index contributed by atoms with van der Waals surface area (Å²) in [5.74, 6) is -0.298. The third kappa shape index (κ3) is 4.65. The van der Waals surface area contributed by atoms with Crippen molar-refractivity contribution < 1.29 is 13.2 Å². The van der Waals surface area contributed by atoms with E-state index in [-0.39, 0.29) is 10.8 Å². The quantitative estimate of drug-likeness (QED) is 0.331. The minimum Gasteiger partial charge on any atom is -0.322 e. The van der Waals surface area contributed by atoms with Crippen molar-refractivity contribution in [1.29, 1.82) is 0 Å². The average molecular weight is 455 g/mol. The monoisotopic (exact) mass is 454 g/mol. The summed E-state index contributed by atoms with van der Waals surface area (Å²) >= 11 is 1.61. The van der Waals surface area contributed by atoms with Crippen LogP contribution in [-0.2, 0) is 10.0 Å². The first-order valence-electron chi connectivity index (χ1n) is 9.14. The fourth-order valence-electron chi connectivity index (χ4n) is 2.96. The van der Waals surface area contributed by atoms with Crippen LogP contribution >= 0.6 is 11.8 Å². The second-order valence-electron chi connectivity index (χ2n) is 6.65. The number of H-pyrrole nitrogens is 2. The molecular formula is C21H18N4O4S2. The number of nitrogens with one attached hydrogen (secondary N) is 4. The van der Waals surface area contributed by atoms with Crippen LogP contribution in [0, 0.1) is 0 Å². The molecule has 1 aromatic heterocycles. The molecule has 10 heteroatoms. The molecule has 1 heterocycles. The van der Waals surface area contributed by atoms with Crippen molar-refractivity contribution in [2.75, 3.05) is 16.3 Å². The Morgan fingerprint density at radius 2 is 1.52 bits per heavy atom. The molecule has 3 aromatic carbocycles. The Morgan fingerprint density at radius 1 is 0.871 bits per heavy atom. The lowest BCUT2D eigenvalue weighted by molar-refractivity contribution is 0.102. The van der Waals surface area contributed by atoms with E-state index in [1.54, 1.807) is 11.8 Å². The highest BCUT2D eigenvalue weighted by molar-refractivity contribution is 7.98. The molecule has 0 aliphatic rings. The minimum absolute atomic E-state index is 0.00533. The van der Waals surface area contributed by atoms with Gasteiger partial charge in [-0.25, -0.2) is 13.2 Å². The van der Waals surface area contributed by atoms with E-state index in [1.165, 1.54) is 42.5 Å². The van der Waals surface area contributed by atoms with Gasteiger partial charge in [0.1, 0.15) is 0 Å². The Hall–Kier alpha value is -3.50. The highest BCUT2D eigenvalue weighted by Crippen LogP contribution is 2.21. The van der Waals surface area contributed by atoms with Crippen LogP contribution < -0.4 is 15.7 Å². The summed E-state index contributed by atoms with van der Waals surface area (Å²) in [4.78, 5) is 30.0. The Kier molecular flexibility index (Phi) is 5.57. The van der Waals surface area contributed by atoms with Gasteiger partial charge in [0.25, 0.3) is 15.9 Å². The first-order valence-corrected chi connectivity index (χ1v) is 11.9. The van der Waals surface area contributed by atoms with Crippen LogP contribution in [0.25, 0.3) is 11.0 Å². The molecule has 0 radical (unpaired) electrons. The third-order valence-corrected chi connectivity index (χ3v) is 6.67. The van der Waals surface area contributed by atoms with Crippen LogP contribution in [0.4, 0.5) is 11.4 Å². The van der Waals surface area contributed by atoms with Crippen molar-refractivity contribution in [3.63, 3.8) is 0 Å². The molecule has 31 heavy (non-hydrogen) atoms. The number of amides is 1. The number of anilines is 2. The zero-order valence-corrected chi connectivity index (χ0v) is 17.9. The van der Waals surface area contributed by atoms with Crippen molar-refractivity contribution in [3.8, 4) is 0 Å². The Labute approximate surface area is 182 Å². The Morgan fingerprint density at radius 3 is 2.19 bits per heavy atom. The summed E-state index contributed by atoms with van der Waals surface area (Å²) in [6.45, 7) is 0. The number of hydrogen-bond acceptors (Lipinski definition) is 5. The number of benzene rings is 3. The number of hydrogen-bond donors (Lipinski definition) is 4. The predicted molar refractivity (Wildman–Crippen MR) is 122 cm³/mol. The fraction of sp³-hybridized carbons (Fsp3) is 0.0476. The molecule has 0 atom stereocenters. The van der Waals surface area contributed by atoms with Gasteiger partial charge >= 0.3 is 5.69 Å². The molecule has 0 aliphatic carbocycles. The number of rotatable bonds is 6. The zero-order chi connectivity index (χ0) is 22.0. The molecule has 0 unspecified atom stereocenters. The highest BCUT2D eigenvalue weighted by atomic mass is 32.2. The summed E-state index contributed by atoms with van der Waals surface area (Å²) in [6.07, 6.45) is 1.97. The number of aromatic amines is 2. The zero-order valence-electron chi connectivity index (χ0n) is 16.3. The number of sulfonamides is 1. The minimum atomic E-state index is -3.87. The van der Waals surface area contributed by atoms with Gasteiger partial charge in [0, 0.05) is 21.8 Å². The van der Waals surface area contributed by atoms with Gasteiger partial charge in [-0.2, -0.15) is 0 Å². The second-order valence-corrected chi connectivity index (χ2v) is 9.21. The molecule has 0 saturated carbocycles. The van der Waals surface area contributed by atoms with E-state index in [2.05, 4.69) is 20.0 Å². The molecule has 4 rings (SSSR count). The van der Waals surface area contributed by atoms with Crippen LogP contribution in [0.1, 0.15) is 10.4 Å². The summed E-state index contributed by atoms with van der Waals surface area (Å²) in [5.41, 5.74) is 1.87. The van der Waals surface area contributed by atoms with E-state index in [4.69, 9.17) is 0 Å². The summed E-state index contributed by atoms with van der Waals surface area (Å²) < 4.78 is 27.8. The van der Waals surface area contributed by atoms with Crippen molar-refractivity contribution in [2.45, 2.75) is 9.79 Å². The van der Waals surface area contributed by atoms with Gasteiger partial charge in [-0.3, -0.25) is 9.52 Å². The van der Waals surface area contributed by atoms with Crippen molar-refractivity contribution in [2.24, 2.45) is 0 Å². The number of fused-ring (bicyclic) bond motifs is 1. The maximum atomic E-state index is 12.7. The van der Waals surface area contributed by atoms with Gasteiger partial charge in [-0.1, -0.05) is 0 Å². The average Bonchev–Trinajstić information content (AvgIpc) is 3.13. The molecule has 0 spiro atoms. The SMILES string of the molecule is CSc1ccc(NC(=O)c2ccc(NS(=O)(=O)c3ccc4[nH]c(=O)[nH]c4c3)cc2)cc1. The smallest absolute Gasteiger partial charge is 0.322 e. The molecular weight excluding hydrogens is 436 g/mol. The number of carbonyl (C=O) groups is 1. The van der Waals surface area contributed by atoms with Crippen molar-refractivity contribution >= 4 is 50.1 Å². The van der Waals surface area contributed by atoms with Gasteiger partial charge in [0.2, 0.25) is 0 Å². The van der Waals surface area contributed by atoms with Crippen LogP contribution in [-0.4, -0.2) is 30.5 Å². The lowest BCUT2D eigenvalue weighted by atomic mass is 10.2. The number of carbonyl (C=O) groups excluding carboxylic acids is 1. The van der Waals surface area contributed by atoms with Gasteiger partial charge < -0.3 is 15.3 Å². The maximum absolute atomic E-state index is 12.7. The van der Waals surface area contributed by atoms with Gasteiger partial charge in [-0.05, 0) is 73.0 Å². The van der Waals surface area contributed by atoms with Crippen LogP contribution in [0.2, 0.25) is 0 Å². The predicted octanol–water partition coefficient (Wildman–Crippen LogP) is 3.63. The second kappa shape index (κ2) is 8.32. The van der Waals surface area contributed by atoms with E-state index in [0.29, 0.717) is 28.0 Å². The maximum Gasteiger partial charge on any atom is 0.323 e. The molecule has 8 nitrogen and oxygen atoms in total. The summed E-state index contributed by atoms with van der Waals surface area (Å²) in [5, 5.41) is 2.80.